The lowest BCUT2D eigenvalue weighted by Crippen LogP contribution is -1.92. The number of oxazole rings is 1. The molecular formula is C12H14N2OS. The normalized spacial score (nSPS) is 17.2. The minimum absolute atomic E-state index is 0.686. The van der Waals surface area contributed by atoms with Gasteiger partial charge in [0, 0.05) is 10.9 Å². The van der Waals surface area contributed by atoms with E-state index in [1.807, 2.05) is 18.2 Å². The molecule has 0 bridgehead atoms. The van der Waals surface area contributed by atoms with Gasteiger partial charge in [-0.2, -0.15) is 0 Å². The van der Waals surface area contributed by atoms with Gasteiger partial charge in [0.2, 0.25) is 0 Å². The zero-order chi connectivity index (χ0) is 11.0. The standard InChI is InChI=1S/C12H14N2OS/c13-8-5-6-11-10(7-8)14-12(15-11)16-9-3-1-2-4-9/h5-7,9H,1-4,13H2. The molecule has 1 aliphatic rings. The summed E-state index contributed by atoms with van der Waals surface area (Å²) >= 11 is 1.76. The molecule has 0 atom stereocenters. The Morgan fingerprint density at radius 3 is 2.94 bits per heavy atom. The first kappa shape index (κ1) is 10.0. The summed E-state index contributed by atoms with van der Waals surface area (Å²) in [5.74, 6) is 0. The van der Waals surface area contributed by atoms with Crippen LogP contribution in [0.1, 0.15) is 25.7 Å². The van der Waals surface area contributed by atoms with Crippen LogP contribution in [-0.2, 0) is 0 Å². The van der Waals surface area contributed by atoms with Crippen molar-refractivity contribution < 1.29 is 4.42 Å². The van der Waals surface area contributed by atoms with E-state index in [0.717, 1.165) is 22.0 Å². The van der Waals surface area contributed by atoms with Gasteiger partial charge in [0.25, 0.3) is 5.22 Å². The molecule has 16 heavy (non-hydrogen) atoms. The molecule has 1 heterocycles. The Balaban J connectivity index is 1.86. The smallest absolute Gasteiger partial charge is 0.257 e. The van der Waals surface area contributed by atoms with Crippen LogP contribution in [0.25, 0.3) is 11.1 Å². The molecule has 0 aliphatic heterocycles. The molecule has 1 saturated carbocycles. The van der Waals surface area contributed by atoms with Crippen molar-refractivity contribution in [1.29, 1.82) is 0 Å². The average molecular weight is 234 g/mol. The Kier molecular flexibility index (Phi) is 2.52. The number of hydrogen-bond acceptors (Lipinski definition) is 4. The molecule has 1 aromatic carbocycles. The van der Waals surface area contributed by atoms with Gasteiger partial charge in [-0.15, -0.1) is 0 Å². The summed E-state index contributed by atoms with van der Waals surface area (Å²) in [7, 11) is 0. The molecule has 1 aliphatic carbocycles. The molecule has 0 radical (unpaired) electrons. The van der Waals surface area contributed by atoms with Gasteiger partial charge < -0.3 is 10.2 Å². The van der Waals surface area contributed by atoms with Gasteiger partial charge in [-0.3, -0.25) is 0 Å². The van der Waals surface area contributed by atoms with Gasteiger partial charge in [-0.25, -0.2) is 4.98 Å². The predicted octanol–water partition coefficient (Wildman–Crippen LogP) is 3.44. The highest BCUT2D eigenvalue weighted by Gasteiger charge is 2.19. The van der Waals surface area contributed by atoms with E-state index < -0.39 is 0 Å². The lowest BCUT2D eigenvalue weighted by atomic mass is 10.3. The number of nitrogen functional groups attached to an aromatic ring is 1. The van der Waals surface area contributed by atoms with Crippen molar-refractivity contribution in [1.82, 2.24) is 4.98 Å². The number of rotatable bonds is 2. The first-order chi connectivity index (χ1) is 7.81. The fourth-order valence-corrected chi connectivity index (χ4v) is 3.27. The van der Waals surface area contributed by atoms with E-state index >= 15 is 0 Å². The predicted molar refractivity (Wildman–Crippen MR) is 66.5 cm³/mol. The zero-order valence-electron chi connectivity index (χ0n) is 8.98. The molecule has 4 heteroatoms. The second-order valence-corrected chi connectivity index (χ2v) is 5.48. The van der Waals surface area contributed by atoms with Crippen LogP contribution in [0.2, 0.25) is 0 Å². The van der Waals surface area contributed by atoms with E-state index in [0.29, 0.717) is 5.25 Å². The van der Waals surface area contributed by atoms with Gasteiger partial charge in [-0.05, 0) is 31.0 Å². The fraction of sp³-hybridized carbons (Fsp3) is 0.417. The van der Waals surface area contributed by atoms with E-state index in [9.17, 15) is 0 Å². The Hall–Kier alpha value is -1.16. The van der Waals surface area contributed by atoms with Crippen LogP contribution in [0.4, 0.5) is 5.69 Å². The monoisotopic (exact) mass is 234 g/mol. The van der Waals surface area contributed by atoms with Crippen LogP contribution in [-0.4, -0.2) is 10.2 Å². The van der Waals surface area contributed by atoms with Gasteiger partial charge >= 0.3 is 0 Å². The minimum atomic E-state index is 0.686. The maximum Gasteiger partial charge on any atom is 0.257 e. The van der Waals surface area contributed by atoms with Crippen molar-refractivity contribution in [2.75, 3.05) is 5.73 Å². The molecule has 0 amide bonds. The van der Waals surface area contributed by atoms with Gasteiger partial charge in [0.1, 0.15) is 5.52 Å². The molecule has 2 aromatic rings. The van der Waals surface area contributed by atoms with E-state index in [4.69, 9.17) is 10.2 Å². The van der Waals surface area contributed by atoms with E-state index in [1.165, 1.54) is 25.7 Å². The summed E-state index contributed by atoms with van der Waals surface area (Å²) in [5.41, 5.74) is 8.13. The molecule has 3 nitrogen and oxygen atoms in total. The molecule has 84 valence electrons. The minimum Gasteiger partial charge on any atom is -0.431 e. The Bertz CT molecular complexity index is 503. The first-order valence-electron chi connectivity index (χ1n) is 5.64. The van der Waals surface area contributed by atoms with E-state index in [2.05, 4.69) is 4.98 Å². The third kappa shape index (κ3) is 1.89. The van der Waals surface area contributed by atoms with Crippen molar-refractivity contribution in [3.05, 3.63) is 18.2 Å². The molecule has 1 aromatic heterocycles. The van der Waals surface area contributed by atoms with Crippen molar-refractivity contribution in [3.8, 4) is 0 Å². The summed E-state index contributed by atoms with van der Waals surface area (Å²) in [6.07, 6.45) is 5.24. The quantitative estimate of drug-likeness (QED) is 0.809. The van der Waals surface area contributed by atoms with Crippen molar-refractivity contribution in [3.63, 3.8) is 0 Å². The third-order valence-corrected chi connectivity index (χ3v) is 4.14. The molecule has 1 fully saturated rings. The highest BCUT2D eigenvalue weighted by Crippen LogP contribution is 2.35. The summed E-state index contributed by atoms with van der Waals surface area (Å²) in [6, 6.07) is 5.59. The van der Waals surface area contributed by atoms with Crippen LogP contribution in [0, 0.1) is 0 Å². The Morgan fingerprint density at radius 2 is 2.12 bits per heavy atom. The molecule has 3 rings (SSSR count). The third-order valence-electron chi connectivity index (χ3n) is 2.96. The molecule has 0 unspecified atom stereocenters. The number of anilines is 1. The maximum atomic E-state index is 5.71. The molecular weight excluding hydrogens is 220 g/mol. The lowest BCUT2D eigenvalue weighted by Gasteiger charge is -2.02. The maximum absolute atomic E-state index is 5.71. The number of hydrogen-bond donors (Lipinski definition) is 1. The molecule has 0 spiro atoms. The van der Waals surface area contributed by atoms with Crippen molar-refractivity contribution >= 4 is 28.5 Å². The molecule has 2 N–H and O–H groups in total. The number of nitrogens with two attached hydrogens (primary N) is 1. The van der Waals surface area contributed by atoms with Gasteiger partial charge in [-0.1, -0.05) is 24.6 Å². The summed E-state index contributed by atoms with van der Waals surface area (Å²) < 4.78 is 5.68. The van der Waals surface area contributed by atoms with Crippen molar-refractivity contribution in [2.45, 2.75) is 36.2 Å². The largest absolute Gasteiger partial charge is 0.431 e. The van der Waals surface area contributed by atoms with Crippen LogP contribution in [0.15, 0.2) is 27.8 Å². The lowest BCUT2D eigenvalue weighted by molar-refractivity contribution is 0.488. The molecule has 0 saturated heterocycles. The highest BCUT2D eigenvalue weighted by molar-refractivity contribution is 7.99. The zero-order valence-corrected chi connectivity index (χ0v) is 9.80. The Morgan fingerprint density at radius 1 is 1.31 bits per heavy atom. The van der Waals surface area contributed by atoms with Crippen LogP contribution >= 0.6 is 11.8 Å². The van der Waals surface area contributed by atoms with Crippen LogP contribution in [0.5, 0.6) is 0 Å². The second-order valence-electron chi connectivity index (χ2n) is 4.23. The fourth-order valence-electron chi connectivity index (χ4n) is 2.12. The Labute approximate surface area is 98.4 Å². The topological polar surface area (TPSA) is 52.0 Å². The van der Waals surface area contributed by atoms with Crippen LogP contribution < -0.4 is 5.73 Å². The van der Waals surface area contributed by atoms with Gasteiger partial charge in [0.15, 0.2) is 5.58 Å². The van der Waals surface area contributed by atoms with Crippen LogP contribution in [0.3, 0.4) is 0 Å². The summed E-state index contributed by atoms with van der Waals surface area (Å²) in [6.45, 7) is 0. The number of benzene rings is 1. The SMILES string of the molecule is Nc1ccc2oc(SC3CCCC3)nc2c1. The number of thioether (sulfide) groups is 1. The van der Waals surface area contributed by atoms with E-state index in [1.54, 1.807) is 11.8 Å². The highest BCUT2D eigenvalue weighted by atomic mass is 32.2. The van der Waals surface area contributed by atoms with E-state index in [-0.39, 0.29) is 0 Å². The number of aromatic nitrogens is 1. The van der Waals surface area contributed by atoms with Gasteiger partial charge in [0.05, 0.1) is 0 Å². The number of nitrogens with zero attached hydrogens (tertiary/aromatic N) is 1. The number of fused-ring (bicyclic) bond motifs is 1. The second kappa shape index (κ2) is 4.01. The first-order valence-corrected chi connectivity index (χ1v) is 6.52. The summed E-state index contributed by atoms with van der Waals surface area (Å²) in [4.78, 5) is 4.45. The summed E-state index contributed by atoms with van der Waals surface area (Å²) in [5, 5.41) is 1.47. The average Bonchev–Trinajstić information content (AvgIpc) is 2.86. The van der Waals surface area contributed by atoms with Crippen molar-refractivity contribution in [2.24, 2.45) is 0 Å².